The molecular weight excluding hydrogens is 326 g/mol. The summed E-state index contributed by atoms with van der Waals surface area (Å²) in [4.78, 5) is 27.8. The minimum atomic E-state index is -0.0347. The van der Waals surface area contributed by atoms with Crippen LogP contribution >= 0.6 is 0 Å². The number of benzene rings is 1. The third-order valence-corrected chi connectivity index (χ3v) is 4.88. The van der Waals surface area contributed by atoms with E-state index in [0.717, 1.165) is 32.0 Å². The van der Waals surface area contributed by atoms with Crippen molar-refractivity contribution in [2.75, 3.05) is 49.1 Å². The molecule has 2 aromatic rings. The fourth-order valence-electron chi connectivity index (χ4n) is 3.30. The van der Waals surface area contributed by atoms with Crippen LogP contribution < -0.4 is 9.80 Å². The maximum atomic E-state index is 12.7. The number of rotatable bonds is 5. The molecule has 0 atom stereocenters. The first kappa shape index (κ1) is 18.2. The Balaban J connectivity index is 1.61. The quantitative estimate of drug-likeness (QED) is 0.827. The summed E-state index contributed by atoms with van der Waals surface area (Å²) in [5.41, 5.74) is 2.90. The van der Waals surface area contributed by atoms with E-state index in [-0.39, 0.29) is 5.91 Å². The molecule has 0 bridgehead atoms. The fourth-order valence-corrected chi connectivity index (χ4v) is 3.30. The summed E-state index contributed by atoms with van der Waals surface area (Å²) in [7, 11) is 0. The van der Waals surface area contributed by atoms with Gasteiger partial charge >= 0.3 is 0 Å². The number of amides is 1. The van der Waals surface area contributed by atoms with E-state index in [1.165, 1.54) is 11.3 Å². The zero-order chi connectivity index (χ0) is 18.5. The summed E-state index contributed by atoms with van der Waals surface area (Å²) < 4.78 is 0. The summed E-state index contributed by atoms with van der Waals surface area (Å²) in [6, 6.07) is 8.50. The van der Waals surface area contributed by atoms with Crippen molar-refractivity contribution < 1.29 is 4.79 Å². The van der Waals surface area contributed by atoms with Gasteiger partial charge in [-0.3, -0.25) is 4.79 Å². The molecule has 0 spiro atoms. The van der Waals surface area contributed by atoms with Crippen molar-refractivity contribution in [2.24, 2.45) is 0 Å². The van der Waals surface area contributed by atoms with Gasteiger partial charge in [0.25, 0.3) is 5.91 Å². The number of hydrogen-bond acceptors (Lipinski definition) is 5. The van der Waals surface area contributed by atoms with Crippen LogP contribution in [0.3, 0.4) is 0 Å². The molecule has 6 nitrogen and oxygen atoms in total. The molecule has 138 valence electrons. The minimum Gasteiger partial charge on any atom is -0.368 e. The first-order chi connectivity index (χ1) is 12.6. The monoisotopic (exact) mass is 353 g/mol. The molecule has 3 rings (SSSR count). The number of anilines is 2. The van der Waals surface area contributed by atoms with E-state index in [9.17, 15) is 4.79 Å². The van der Waals surface area contributed by atoms with E-state index >= 15 is 0 Å². The summed E-state index contributed by atoms with van der Waals surface area (Å²) in [5, 5.41) is 0. The lowest BCUT2D eigenvalue weighted by atomic mass is 10.2. The molecule has 1 fully saturated rings. The Hall–Kier alpha value is -2.63. The molecule has 26 heavy (non-hydrogen) atoms. The van der Waals surface area contributed by atoms with Crippen LogP contribution in [0.1, 0.15) is 29.9 Å². The Kier molecular flexibility index (Phi) is 5.71. The topological polar surface area (TPSA) is 52.6 Å². The Morgan fingerprint density at radius 3 is 2.38 bits per heavy atom. The van der Waals surface area contributed by atoms with Gasteiger partial charge in [-0.25, -0.2) is 9.97 Å². The lowest BCUT2D eigenvalue weighted by molar-refractivity contribution is 0.0740. The van der Waals surface area contributed by atoms with Gasteiger partial charge in [0.2, 0.25) is 0 Å². The molecule has 1 aliphatic heterocycles. The largest absolute Gasteiger partial charge is 0.368 e. The summed E-state index contributed by atoms with van der Waals surface area (Å²) in [6.07, 6.45) is 3.30. The second-order valence-electron chi connectivity index (χ2n) is 6.55. The summed E-state index contributed by atoms with van der Waals surface area (Å²) >= 11 is 0. The molecular formula is C20H27N5O. The van der Waals surface area contributed by atoms with Gasteiger partial charge < -0.3 is 14.7 Å². The van der Waals surface area contributed by atoms with E-state index in [2.05, 4.69) is 64.8 Å². The fraction of sp³-hybridized carbons (Fsp3) is 0.450. The van der Waals surface area contributed by atoms with Crippen LogP contribution in [0.25, 0.3) is 0 Å². The van der Waals surface area contributed by atoms with E-state index in [4.69, 9.17) is 0 Å². The number of carbonyl (C=O) groups is 1. The van der Waals surface area contributed by atoms with E-state index < -0.39 is 0 Å². The molecule has 0 unspecified atom stereocenters. The smallest absolute Gasteiger partial charge is 0.274 e. The molecule has 0 aliphatic carbocycles. The van der Waals surface area contributed by atoms with Crippen molar-refractivity contribution in [3.8, 4) is 0 Å². The second kappa shape index (κ2) is 8.17. The average molecular weight is 353 g/mol. The van der Waals surface area contributed by atoms with Crippen molar-refractivity contribution in [1.82, 2.24) is 14.9 Å². The van der Waals surface area contributed by atoms with Crippen LogP contribution in [0.4, 0.5) is 11.5 Å². The first-order valence-electron chi connectivity index (χ1n) is 9.30. The number of nitrogens with zero attached hydrogens (tertiary/aromatic N) is 5. The van der Waals surface area contributed by atoms with Gasteiger partial charge in [-0.1, -0.05) is 12.1 Å². The highest BCUT2D eigenvalue weighted by molar-refractivity contribution is 5.92. The Morgan fingerprint density at radius 1 is 1.08 bits per heavy atom. The minimum absolute atomic E-state index is 0.0347. The van der Waals surface area contributed by atoms with Crippen molar-refractivity contribution in [1.29, 1.82) is 0 Å². The van der Waals surface area contributed by atoms with Gasteiger partial charge in [0.05, 0.1) is 12.4 Å². The van der Waals surface area contributed by atoms with E-state index in [1.54, 1.807) is 12.4 Å². The van der Waals surface area contributed by atoms with Gasteiger partial charge in [0.15, 0.2) is 0 Å². The van der Waals surface area contributed by atoms with Gasteiger partial charge in [0, 0.05) is 45.0 Å². The Bertz CT molecular complexity index is 734. The third kappa shape index (κ3) is 3.95. The number of aromatic nitrogens is 2. The standard InChI is InChI=1S/C20H27N5O/c1-4-23(5-2)19-15-21-18(14-22-19)20(26)25-11-9-24(10-12-25)17-8-6-7-16(3)13-17/h6-8,13-15H,4-5,9-12H2,1-3H3. The zero-order valence-electron chi connectivity index (χ0n) is 15.9. The van der Waals surface area contributed by atoms with Crippen LogP contribution in [0.2, 0.25) is 0 Å². The molecule has 1 saturated heterocycles. The molecule has 1 aromatic heterocycles. The number of aryl methyl sites for hydroxylation is 1. The maximum absolute atomic E-state index is 12.7. The Labute approximate surface area is 155 Å². The van der Waals surface area contributed by atoms with Crippen molar-refractivity contribution in [2.45, 2.75) is 20.8 Å². The zero-order valence-corrected chi connectivity index (χ0v) is 15.9. The van der Waals surface area contributed by atoms with Crippen LogP contribution in [0, 0.1) is 6.92 Å². The number of carbonyl (C=O) groups excluding carboxylic acids is 1. The van der Waals surface area contributed by atoms with Gasteiger partial charge in [0.1, 0.15) is 11.5 Å². The third-order valence-electron chi connectivity index (χ3n) is 4.88. The first-order valence-corrected chi connectivity index (χ1v) is 9.30. The maximum Gasteiger partial charge on any atom is 0.274 e. The number of hydrogen-bond donors (Lipinski definition) is 0. The van der Waals surface area contributed by atoms with E-state index in [0.29, 0.717) is 18.8 Å². The normalized spacial score (nSPS) is 14.4. The lowest BCUT2D eigenvalue weighted by Gasteiger charge is -2.36. The highest BCUT2D eigenvalue weighted by atomic mass is 16.2. The van der Waals surface area contributed by atoms with Gasteiger partial charge in [-0.2, -0.15) is 0 Å². The lowest BCUT2D eigenvalue weighted by Crippen LogP contribution is -2.49. The van der Waals surface area contributed by atoms with Crippen LogP contribution in [0.5, 0.6) is 0 Å². The molecule has 0 saturated carbocycles. The van der Waals surface area contributed by atoms with Crippen molar-refractivity contribution in [3.05, 3.63) is 47.9 Å². The number of piperazine rings is 1. The van der Waals surface area contributed by atoms with Crippen LogP contribution in [-0.2, 0) is 0 Å². The molecule has 1 aliphatic rings. The summed E-state index contributed by atoms with van der Waals surface area (Å²) in [6.45, 7) is 11.1. The second-order valence-corrected chi connectivity index (χ2v) is 6.55. The van der Waals surface area contributed by atoms with Gasteiger partial charge in [-0.05, 0) is 38.5 Å². The highest BCUT2D eigenvalue weighted by Crippen LogP contribution is 2.18. The molecule has 0 radical (unpaired) electrons. The average Bonchev–Trinajstić information content (AvgIpc) is 2.69. The van der Waals surface area contributed by atoms with E-state index in [1.807, 2.05) is 4.90 Å². The molecule has 2 heterocycles. The van der Waals surface area contributed by atoms with Crippen molar-refractivity contribution >= 4 is 17.4 Å². The highest BCUT2D eigenvalue weighted by Gasteiger charge is 2.23. The van der Waals surface area contributed by atoms with Gasteiger partial charge in [-0.15, -0.1) is 0 Å². The molecule has 1 amide bonds. The predicted octanol–water partition coefficient (Wildman–Crippen LogP) is 2.59. The Morgan fingerprint density at radius 2 is 1.81 bits per heavy atom. The molecule has 0 N–H and O–H groups in total. The molecule has 1 aromatic carbocycles. The SMILES string of the molecule is CCN(CC)c1cnc(C(=O)N2CCN(c3cccc(C)c3)CC2)cn1. The molecule has 6 heteroatoms. The predicted molar refractivity (Wildman–Crippen MR) is 105 cm³/mol. The van der Waals surface area contributed by atoms with Crippen LogP contribution in [-0.4, -0.2) is 60.0 Å². The van der Waals surface area contributed by atoms with Crippen molar-refractivity contribution in [3.63, 3.8) is 0 Å². The summed E-state index contributed by atoms with van der Waals surface area (Å²) in [5.74, 6) is 0.781. The van der Waals surface area contributed by atoms with Crippen LogP contribution in [0.15, 0.2) is 36.7 Å².